The second-order valence-electron chi connectivity index (χ2n) is 3.23. The standard InChI is InChI=1S/C12H15N3O2/c1-17-10-6-5-9(4-2-3-7-13)11(8-10)12(16)15-14/h5-6,8H,3,7,13-14H2,1H3,(H,15,16). The number of hydrogen-bond donors (Lipinski definition) is 3. The molecule has 5 nitrogen and oxygen atoms in total. The number of nitrogen functional groups attached to an aromatic ring is 1. The molecular formula is C12H15N3O2. The molecular weight excluding hydrogens is 218 g/mol. The smallest absolute Gasteiger partial charge is 0.266 e. The lowest BCUT2D eigenvalue weighted by Crippen LogP contribution is -2.30. The number of carbonyl (C=O) groups excluding carboxylic acids is 1. The predicted octanol–water partition coefficient (Wildman–Crippen LogP) is -0.001000. The van der Waals surface area contributed by atoms with E-state index < -0.39 is 5.91 Å². The van der Waals surface area contributed by atoms with Crippen LogP contribution in [0.1, 0.15) is 22.3 Å². The van der Waals surface area contributed by atoms with Crippen LogP contribution in [0.2, 0.25) is 0 Å². The van der Waals surface area contributed by atoms with Crippen LogP contribution in [0.4, 0.5) is 0 Å². The third-order valence-electron chi connectivity index (χ3n) is 2.09. The summed E-state index contributed by atoms with van der Waals surface area (Å²) in [6.07, 6.45) is 0.579. The number of amides is 1. The fourth-order valence-electron chi connectivity index (χ4n) is 1.25. The molecule has 0 saturated heterocycles. The average Bonchev–Trinajstić information content (AvgIpc) is 2.38. The summed E-state index contributed by atoms with van der Waals surface area (Å²) < 4.78 is 5.04. The first kappa shape index (κ1) is 13.0. The number of hydrazine groups is 1. The molecule has 0 aliphatic heterocycles. The van der Waals surface area contributed by atoms with Crippen molar-refractivity contribution in [2.75, 3.05) is 13.7 Å². The summed E-state index contributed by atoms with van der Waals surface area (Å²) in [5.74, 6) is 11.0. The Morgan fingerprint density at radius 1 is 1.53 bits per heavy atom. The first-order valence-corrected chi connectivity index (χ1v) is 5.11. The Hall–Kier alpha value is -2.03. The zero-order chi connectivity index (χ0) is 12.7. The largest absolute Gasteiger partial charge is 0.497 e. The van der Waals surface area contributed by atoms with E-state index in [2.05, 4.69) is 17.3 Å². The summed E-state index contributed by atoms with van der Waals surface area (Å²) in [4.78, 5) is 11.6. The lowest BCUT2D eigenvalue weighted by molar-refractivity contribution is 0.0953. The first-order chi connectivity index (χ1) is 8.22. The Kier molecular flexibility index (Phi) is 5.01. The van der Waals surface area contributed by atoms with Crippen molar-refractivity contribution in [1.29, 1.82) is 0 Å². The van der Waals surface area contributed by atoms with Crippen LogP contribution >= 0.6 is 0 Å². The number of benzene rings is 1. The molecule has 5 heteroatoms. The van der Waals surface area contributed by atoms with Crippen molar-refractivity contribution in [3.8, 4) is 17.6 Å². The Morgan fingerprint density at radius 2 is 2.29 bits per heavy atom. The number of rotatable bonds is 3. The van der Waals surface area contributed by atoms with Gasteiger partial charge in [-0.05, 0) is 18.2 Å². The van der Waals surface area contributed by atoms with Gasteiger partial charge in [0.15, 0.2) is 0 Å². The summed E-state index contributed by atoms with van der Waals surface area (Å²) in [6.45, 7) is 0.488. The highest BCUT2D eigenvalue weighted by molar-refractivity contribution is 5.96. The lowest BCUT2D eigenvalue weighted by Gasteiger charge is -2.05. The van der Waals surface area contributed by atoms with E-state index in [-0.39, 0.29) is 0 Å². The van der Waals surface area contributed by atoms with Crippen molar-refractivity contribution in [3.63, 3.8) is 0 Å². The molecule has 0 fully saturated rings. The number of nitrogens with one attached hydrogen (secondary N) is 1. The minimum atomic E-state index is -0.402. The molecule has 0 saturated carbocycles. The highest BCUT2D eigenvalue weighted by Gasteiger charge is 2.10. The molecule has 1 rings (SSSR count). The molecule has 0 aliphatic rings. The van der Waals surface area contributed by atoms with Gasteiger partial charge in [-0.1, -0.05) is 11.8 Å². The second kappa shape index (κ2) is 6.53. The Bertz CT molecular complexity index is 461. The topological polar surface area (TPSA) is 90.4 Å². The van der Waals surface area contributed by atoms with Gasteiger partial charge in [-0.3, -0.25) is 10.2 Å². The van der Waals surface area contributed by atoms with E-state index in [1.165, 1.54) is 7.11 Å². The molecule has 1 amide bonds. The fraction of sp³-hybridized carbons (Fsp3) is 0.250. The number of hydrogen-bond acceptors (Lipinski definition) is 4. The van der Waals surface area contributed by atoms with Crippen LogP contribution in [-0.4, -0.2) is 19.6 Å². The molecule has 0 aliphatic carbocycles. The maximum Gasteiger partial charge on any atom is 0.266 e. The summed E-state index contributed by atoms with van der Waals surface area (Å²) >= 11 is 0. The van der Waals surface area contributed by atoms with Gasteiger partial charge in [0.05, 0.1) is 12.7 Å². The van der Waals surface area contributed by atoms with Crippen LogP contribution in [0.3, 0.4) is 0 Å². The van der Waals surface area contributed by atoms with E-state index in [0.717, 1.165) is 0 Å². The molecule has 0 aromatic heterocycles. The van der Waals surface area contributed by atoms with Crippen LogP contribution in [0.25, 0.3) is 0 Å². The molecule has 90 valence electrons. The highest BCUT2D eigenvalue weighted by atomic mass is 16.5. The third kappa shape index (κ3) is 3.48. The van der Waals surface area contributed by atoms with Crippen LogP contribution in [-0.2, 0) is 0 Å². The maximum atomic E-state index is 11.6. The van der Waals surface area contributed by atoms with E-state index in [0.29, 0.717) is 29.8 Å². The van der Waals surface area contributed by atoms with Crippen molar-refractivity contribution in [2.45, 2.75) is 6.42 Å². The number of nitrogens with two attached hydrogens (primary N) is 2. The summed E-state index contributed by atoms with van der Waals surface area (Å²) in [6, 6.07) is 5.04. The zero-order valence-electron chi connectivity index (χ0n) is 9.62. The number of carbonyl (C=O) groups is 1. The molecule has 0 radical (unpaired) electrons. The van der Waals surface area contributed by atoms with Crippen molar-refractivity contribution in [2.24, 2.45) is 11.6 Å². The first-order valence-electron chi connectivity index (χ1n) is 5.11. The van der Waals surface area contributed by atoms with Gasteiger partial charge in [0.25, 0.3) is 5.91 Å². The third-order valence-corrected chi connectivity index (χ3v) is 2.09. The Balaban J connectivity index is 3.12. The van der Waals surface area contributed by atoms with Crippen molar-refractivity contribution < 1.29 is 9.53 Å². The summed E-state index contributed by atoms with van der Waals surface area (Å²) in [5.41, 5.74) is 8.40. The van der Waals surface area contributed by atoms with Gasteiger partial charge in [0.2, 0.25) is 0 Å². The molecule has 1 aromatic carbocycles. The normalized spacial score (nSPS) is 9.12. The molecule has 0 bridgehead atoms. The van der Waals surface area contributed by atoms with E-state index in [1.54, 1.807) is 18.2 Å². The van der Waals surface area contributed by atoms with Gasteiger partial charge < -0.3 is 10.5 Å². The fourth-order valence-corrected chi connectivity index (χ4v) is 1.25. The van der Waals surface area contributed by atoms with Crippen LogP contribution in [0.15, 0.2) is 18.2 Å². The highest BCUT2D eigenvalue weighted by Crippen LogP contribution is 2.16. The van der Waals surface area contributed by atoms with E-state index in [4.69, 9.17) is 16.3 Å². The number of ether oxygens (including phenoxy) is 1. The predicted molar refractivity (Wildman–Crippen MR) is 65.2 cm³/mol. The van der Waals surface area contributed by atoms with Crippen LogP contribution < -0.4 is 21.7 Å². The molecule has 1 aromatic rings. The van der Waals surface area contributed by atoms with E-state index in [9.17, 15) is 4.79 Å². The average molecular weight is 233 g/mol. The van der Waals surface area contributed by atoms with Gasteiger partial charge in [-0.15, -0.1) is 0 Å². The lowest BCUT2D eigenvalue weighted by atomic mass is 10.1. The molecule has 0 unspecified atom stereocenters. The van der Waals surface area contributed by atoms with Gasteiger partial charge in [0, 0.05) is 18.5 Å². The van der Waals surface area contributed by atoms with Crippen molar-refractivity contribution in [3.05, 3.63) is 29.3 Å². The van der Waals surface area contributed by atoms with E-state index >= 15 is 0 Å². The summed E-state index contributed by atoms with van der Waals surface area (Å²) in [7, 11) is 1.53. The van der Waals surface area contributed by atoms with Gasteiger partial charge in [-0.25, -0.2) is 5.84 Å². The monoisotopic (exact) mass is 233 g/mol. The van der Waals surface area contributed by atoms with Gasteiger partial charge in [-0.2, -0.15) is 0 Å². The minimum absolute atomic E-state index is 0.386. The Labute approximate surface area is 100 Å². The molecule has 5 N–H and O–H groups in total. The quantitative estimate of drug-likeness (QED) is 0.296. The summed E-state index contributed by atoms with van der Waals surface area (Å²) in [5, 5.41) is 0. The van der Waals surface area contributed by atoms with Gasteiger partial charge in [0.1, 0.15) is 5.75 Å². The molecule has 17 heavy (non-hydrogen) atoms. The minimum Gasteiger partial charge on any atom is -0.497 e. The molecule has 0 heterocycles. The van der Waals surface area contributed by atoms with E-state index in [1.807, 2.05) is 0 Å². The SMILES string of the molecule is COc1ccc(C#CCCN)c(C(=O)NN)c1. The second-order valence-corrected chi connectivity index (χ2v) is 3.23. The van der Waals surface area contributed by atoms with Crippen LogP contribution in [0, 0.1) is 11.8 Å². The van der Waals surface area contributed by atoms with Crippen molar-refractivity contribution >= 4 is 5.91 Å². The zero-order valence-corrected chi connectivity index (χ0v) is 9.62. The molecule has 0 spiro atoms. The maximum absolute atomic E-state index is 11.6. The number of methoxy groups -OCH3 is 1. The van der Waals surface area contributed by atoms with Crippen molar-refractivity contribution in [1.82, 2.24) is 5.43 Å². The van der Waals surface area contributed by atoms with Crippen LogP contribution in [0.5, 0.6) is 5.75 Å². The van der Waals surface area contributed by atoms with Gasteiger partial charge >= 0.3 is 0 Å². The Morgan fingerprint density at radius 3 is 2.88 bits per heavy atom. The molecule has 0 atom stereocenters.